The fourth-order valence-corrected chi connectivity index (χ4v) is 3.10. The van der Waals surface area contributed by atoms with Crippen molar-refractivity contribution in [1.82, 2.24) is 19.6 Å². The molecule has 0 radical (unpaired) electrons. The molecule has 0 aliphatic carbocycles. The molecule has 4 aromatic rings. The normalized spacial score (nSPS) is 12.4. The van der Waals surface area contributed by atoms with Crippen LogP contribution in [-0.4, -0.2) is 19.6 Å². The molecule has 2 aromatic carbocycles. The molecule has 0 aliphatic heterocycles. The highest BCUT2D eigenvalue weighted by molar-refractivity contribution is 5.81. The van der Waals surface area contributed by atoms with Gasteiger partial charge in [0.1, 0.15) is 11.3 Å². The van der Waals surface area contributed by atoms with Crippen LogP contribution in [0.25, 0.3) is 16.6 Å². The molecule has 0 saturated carbocycles. The van der Waals surface area contributed by atoms with Gasteiger partial charge in [0, 0.05) is 5.39 Å². The van der Waals surface area contributed by atoms with E-state index >= 15 is 0 Å². The lowest BCUT2D eigenvalue weighted by Gasteiger charge is -2.15. The van der Waals surface area contributed by atoms with Crippen LogP contribution in [-0.2, 0) is 0 Å². The zero-order chi connectivity index (χ0) is 18.3. The molecule has 1 unspecified atom stereocenters. The first-order valence-corrected chi connectivity index (χ1v) is 8.34. The summed E-state index contributed by atoms with van der Waals surface area (Å²) in [7, 11) is 0. The largest absolute Gasteiger partial charge is 0.293 e. The Kier molecular flexibility index (Phi) is 3.88. The second-order valence-electron chi connectivity index (χ2n) is 6.22. The molecular formula is C20H17FN4O. The Labute approximate surface area is 149 Å². The van der Waals surface area contributed by atoms with Gasteiger partial charge in [0.2, 0.25) is 0 Å². The second-order valence-corrected chi connectivity index (χ2v) is 6.22. The Balaban J connectivity index is 1.94. The van der Waals surface area contributed by atoms with Crippen molar-refractivity contribution in [3.8, 4) is 5.69 Å². The Morgan fingerprint density at radius 3 is 2.42 bits per heavy atom. The lowest BCUT2D eigenvalue weighted by molar-refractivity contribution is 0.530. The zero-order valence-corrected chi connectivity index (χ0v) is 14.4. The lowest BCUT2D eigenvalue weighted by Crippen LogP contribution is -2.28. The summed E-state index contributed by atoms with van der Waals surface area (Å²) in [6, 6.07) is 15.4. The molecule has 0 spiro atoms. The fourth-order valence-electron chi connectivity index (χ4n) is 3.10. The van der Waals surface area contributed by atoms with E-state index < -0.39 is 0 Å². The van der Waals surface area contributed by atoms with Crippen LogP contribution in [0, 0.1) is 12.7 Å². The monoisotopic (exact) mass is 348 g/mol. The van der Waals surface area contributed by atoms with Crippen LogP contribution < -0.4 is 5.56 Å². The van der Waals surface area contributed by atoms with E-state index in [1.54, 1.807) is 23.0 Å². The van der Waals surface area contributed by atoms with Crippen molar-refractivity contribution < 1.29 is 4.39 Å². The van der Waals surface area contributed by atoms with Gasteiger partial charge >= 0.3 is 0 Å². The van der Waals surface area contributed by atoms with Gasteiger partial charge in [-0.05, 0) is 43.7 Å². The quantitative estimate of drug-likeness (QED) is 0.568. The molecule has 4 rings (SSSR count). The summed E-state index contributed by atoms with van der Waals surface area (Å²) in [6.45, 7) is 3.79. The molecule has 5 nitrogen and oxygen atoms in total. The molecule has 0 fully saturated rings. The van der Waals surface area contributed by atoms with Crippen LogP contribution in [0.5, 0.6) is 0 Å². The van der Waals surface area contributed by atoms with Gasteiger partial charge in [-0.2, -0.15) is 10.2 Å². The summed E-state index contributed by atoms with van der Waals surface area (Å²) in [5.74, 6) is -0.335. The summed E-state index contributed by atoms with van der Waals surface area (Å²) in [5, 5.41) is 9.51. The van der Waals surface area contributed by atoms with Crippen molar-refractivity contribution in [2.45, 2.75) is 19.9 Å². The summed E-state index contributed by atoms with van der Waals surface area (Å²) in [4.78, 5) is 13.2. The van der Waals surface area contributed by atoms with E-state index in [1.807, 2.05) is 44.2 Å². The van der Waals surface area contributed by atoms with Crippen molar-refractivity contribution in [3.63, 3.8) is 0 Å². The minimum absolute atomic E-state index is 0.219. The molecule has 26 heavy (non-hydrogen) atoms. The van der Waals surface area contributed by atoms with Crippen molar-refractivity contribution in [2.24, 2.45) is 0 Å². The van der Waals surface area contributed by atoms with Crippen molar-refractivity contribution in [1.29, 1.82) is 0 Å². The SMILES string of the molecule is Cc1nn(C(C)c2ccccc2)c(=O)c2c1cnn2-c1ccc(F)cc1. The van der Waals surface area contributed by atoms with Gasteiger partial charge in [0.05, 0.1) is 23.6 Å². The highest BCUT2D eigenvalue weighted by Crippen LogP contribution is 2.20. The van der Waals surface area contributed by atoms with E-state index in [2.05, 4.69) is 10.2 Å². The van der Waals surface area contributed by atoms with Gasteiger partial charge in [0.25, 0.3) is 5.56 Å². The highest BCUT2D eigenvalue weighted by atomic mass is 19.1. The van der Waals surface area contributed by atoms with Gasteiger partial charge in [-0.15, -0.1) is 0 Å². The first-order chi connectivity index (χ1) is 12.6. The van der Waals surface area contributed by atoms with Gasteiger partial charge in [0.15, 0.2) is 0 Å². The third-order valence-corrected chi connectivity index (χ3v) is 4.55. The smallest absolute Gasteiger partial charge is 0.265 e. The predicted octanol–water partition coefficient (Wildman–Crippen LogP) is 3.64. The number of aryl methyl sites for hydroxylation is 1. The Morgan fingerprint density at radius 1 is 1.04 bits per heavy atom. The Morgan fingerprint density at radius 2 is 1.73 bits per heavy atom. The Bertz CT molecular complexity index is 1130. The number of hydrogen-bond acceptors (Lipinski definition) is 3. The van der Waals surface area contributed by atoms with Crippen LogP contribution in [0.2, 0.25) is 0 Å². The van der Waals surface area contributed by atoms with Crippen LogP contribution in [0.15, 0.2) is 65.6 Å². The van der Waals surface area contributed by atoms with Gasteiger partial charge < -0.3 is 0 Å². The second kappa shape index (κ2) is 6.22. The number of fused-ring (bicyclic) bond motifs is 1. The number of halogens is 1. The molecule has 6 heteroatoms. The topological polar surface area (TPSA) is 52.7 Å². The van der Waals surface area contributed by atoms with Gasteiger partial charge in [-0.3, -0.25) is 4.79 Å². The van der Waals surface area contributed by atoms with Crippen LogP contribution in [0.3, 0.4) is 0 Å². The van der Waals surface area contributed by atoms with E-state index in [0.29, 0.717) is 16.6 Å². The third-order valence-electron chi connectivity index (χ3n) is 4.55. The average molecular weight is 348 g/mol. The molecule has 0 saturated heterocycles. The van der Waals surface area contributed by atoms with Crippen LogP contribution >= 0.6 is 0 Å². The summed E-state index contributed by atoms with van der Waals surface area (Å²) in [6.07, 6.45) is 1.62. The fraction of sp³-hybridized carbons (Fsp3) is 0.150. The zero-order valence-electron chi connectivity index (χ0n) is 14.4. The first kappa shape index (κ1) is 16.2. The number of hydrogen-bond donors (Lipinski definition) is 0. The predicted molar refractivity (Wildman–Crippen MR) is 98.1 cm³/mol. The maximum Gasteiger partial charge on any atom is 0.293 e. The standard InChI is InChI=1S/C20H17FN4O/c1-13-18-12-22-25(17-10-8-16(21)9-11-17)19(18)20(26)24(23-13)14(2)15-6-4-3-5-7-15/h3-12,14H,1-2H3. The molecule has 0 N–H and O–H groups in total. The number of benzene rings is 2. The lowest BCUT2D eigenvalue weighted by atomic mass is 10.1. The average Bonchev–Trinajstić information content (AvgIpc) is 3.11. The van der Waals surface area contributed by atoms with E-state index in [9.17, 15) is 9.18 Å². The number of nitrogens with zero attached hydrogens (tertiary/aromatic N) is 4. The molecular weight excluding hydrogens is 331 g/mol. The van der Waals surface area contributed by atoms with E-state index in [4.69, 9.17) is 0 Å². The van der Waals surface area contributed by atoms with Gasteiger partial charge in [-0.25, -0.2) is 13.8 Å². The molecule has 2 heterocycles. The Hall–Kier alpha value is -3.28. The maximum atomic E-state index is 13.2. The first-order valence-electron chi connectivity index (χ1n) is 8.34. The van der Waals surface area contributed by atoms with E-state index in [0.717, 1.165) is 11.3 Å². The summed E-state index contributed by atoms with van der Waals surface area (Å²) >= 11 is 0. The van der Waals surface area contributed by atoms with E-state index in [-0.39, 0.29) is 17.4 Å². The molecule has 130 valence electrons. The molecule has 0 bridgehead atoms. The minimum Gasteiger partial charge on any atom is -0.265 e. The van der Waals surface area contributed by atoms with E-state index in [1.165, 1.54) is 16.8 Å². The third kappa shape index (κ3) is 2.60. The molecule has 0 amide bonds. The minimum atomic E-state index is -0.335. The highest BCUT2D eigenvalue weighted by Gasteiger charge is 2.18. The number of rotatable bonds is 3. The summed E-state index contributed by atoms with van der Waals surface area (Å²) < 4.78 is 16.3. The molecule has 0 aliphatic rings. The van der Waals surface area contributed by atoms with Crippen molar-refractivity contribution in [3.05, 3.63) is 88.2 Å². The maximum absolute atomic E-state index is 13.2. The van der Waals surface area contributed by atoms with Crippen molar-refractivity contribution in [2.75, 3.05) is 0 Å². The molecule has 1 atom stereocenters. The van der Waals surface area contributed by atoms with Crippen molar-refractivity contribution >= 4 is 10.9 Å². The summed E-state index contributed by atoms with van der Waals surface area (Å²) in [5.41, 5.74) is 2.54. The molecule has 2 aromatic heterocycles. The number of aromatic nitrogens is 4. The van der Waals surface area contributed by atoms with Gasteiger partial charge in [-0.1, -0.05) is 30.3 Å². The van der Waals surface area contributed by atoms with Crippen LogP contribution in [0.4, 0.5) is 4.39 Å². The van der Waals surface area contributed by atoms with Crippen LogP contribution in [0.1, 0.15) is 24.2 Å².